The van der Waals surface area contributed by atoms with Crippen molar-refractivity contribution in [3.63, 3.8) is 0 Å². The van der Waals surface area contributed by atoms with Crippen molar-refractivity contribution in [2.45, 2.75) is 32.0 Å². The zero-order valence-electron chi connectivity index (χ0n) is 17.5. The Bertz CT molecular complexity index is 1290. The molecule has 1 aromatic heterocycles. The maximum atomic E-state index is 14.3. The normalized spacial score (nSPS) is 13.9. The number of alkyl halides is 3. The van der Waals surface area contributed by atoms with Crippen LogP contribution in [0.15, 0.2) is 48.8 Å². The zero-order chi connectivity index (χ0) is 24.5. The summed E-state index contributed by atoms with van der Waals surface area (Å²) in [4.78, 5) is 19.4. The number of ether oxygens (including phenoxy) is 1. The van der Waals surface area contributed by atoms with Gasteiger partial charge in [-0.2, -0.15) is 13.2 Å². The molecule has 0 spiro atoms. The number of rotatable bonds is 6. The van der Waals surface area contributed by atoms with E-state index in [1.54, 1.807) is 18.2 Å². The number of carboxylic acids is 1. The molecule has 10 heteroatoms. The van der Waals surface area contributed by atoms with Crippen LogP contribution in [-0.2, 0) is 12.8 Å². The molecular weight excluding hydrogens is 476 g/mol. The van der Waals surface area contributed by atoms with Crippen LogP contribution in [0, 0.1) is 5.82 Å². The number of halogens is 5. The molecule has 0 atom stereocenters. The van der Waals surface area contributed by atoms with Crippen LogP contribution in [0.25, 0.3) is 11.1 Å². The summed E-state index contributed by atoms with van der Waals surface area (Å²) in [6.07, 6.45) is 0.0500. The van der Waals surface area contributed by atoms with Crippen LogP contribution < -0.4 is 4.74 Å². The lowest BCUT2D eigenvalue weighted by molar-refractivity contribution is -0.137. The van der Waals surface area contributed by atoms with E-state index in [-0.39, 0.29) is 17.9 Å². The van der Waals surface area contributed by atoms with Gasteiger partial charge in [0.2, 0.25) is 0 Å². The molecule has 2 aromatic carbocycles. The fourth-order valence-electron chi connectivity index (χ4n) is 3.80. The maximum absolute atomic E-state index is 14.3. The van der Waals surface area contributed by atoms with E-state index in [0.717, 1.165) is 35.9 Å². The summed E-state index contributed by atoms with van der Waals surface area (Å²) in [5.41, 5.74) is 1.38. The number of nitrogens with zero attached hydrogens (tertiary/aromatic N) is 2. The molecule has 4 rings (SSSR count). The standard InChI is InChI=1S/C24H17ClF4N2O3/c25-15-6-7-22(34-12-13-4-5-14(8-19(13)26)24(27,28)29)18(9-15)16-2-1-3-17(16)20-10-30-11-21(31-20)23(32)33/h4-11H,1-3,12H2,(H,32,33). The Kier molecular flexibility index (Phi) is 6.56. The van der Waals surface area contributed by atoms with E-state index in [2.05, 4.69) is 9.97 Å². The van der Waals surface area contributed by atoms with Gasteiger partial charge in [0.1, 0.15) is 18.2 Å². The molecule has 0 saturated carbocycles. The van der Waals surface area contributed by atoms with E-state index < -0.39 is 23.5 Å². The summed E-state index contributed by atoms with van der Waals surface area (Å²) in [5.74, 6) is -1.85. The predicted molar refractivity (Wildman–Crippen MR) is 117 cm³/mol. The van der Waals surface area contributed by atoms with Gasteiger partial charge >= 0.3 is 12.1 Å². The highest BCUT2D eigenvalue weighted by molar-refractivity contribution is 6.30. The first-order valence-corrected chi connectivity index (χ1v) is 10.6. The van der Waals surface area contributed by atoms with Gasteiger partial charge in [0.05, 0.1) is 23.7 Å². The van der Waals surface area contributed by atoms with E-state index in [1.165, 1.54) is 6.20 Å². The Hall–Kier alpha value is -3.46. The SMILES string of the molecule is O=C(O)c1cncc(C2=C(c3cc(Cl)ccc3OCc3ccc(C(F)(F)F)cc3F)CCC2)n1. The summed E-state index contributed by atoms with van der Waals surface area (Å²) < 4.78 is 58.5. The third-order valence-corrected chi connectivity index (χ3v) is 5.65. The summed E-state index contributed by atoms with van der Waals surface area (Å²) in [5, 5.41) is 9.65. The fraction of sp³-hybridized carbons (Fsp3) is 0.208. The number of carbonyl (C=O) groups is 1. The molecule has 176 valence electrons. The van der Waals surface area contributed by atoms with E-state index in [1.807, 2.05) is 0 Å². The number of aromatic nitrogens is 2. The van der Waals surface area contributed by atoms with Gasteiger partial charge in [0, 0.05) is 16.1 Å². The van der Waals surface area contributed by atoms with Gasteiger partial charge in [-0.3, -0.25) is 4.98 Å². The van der Waals surface area contributed by atoms with Crippen molar-refractivity contribution in [2.24, 2.45) is 0 Å². The lowest BCUT2D eigenvalue weighted by Crippen LogP contribution is -2.07. The molecule has 0 bridgehead atoms. The molecule has 0 aliphatic heterocycles. The molecule has 1 N–H and O–H groups in total. The molecule has 1 heterocycles. The van der Waals surface area contributed by atoms with Crippen molar-refractivity contribution >= 4 is 28.7 Å². The van der Waals surface area contributed by atoms with E-state index in [0.29, 0.717) is 40.9 Å². The number of benzene rings is 2. The Morgan fingerprint density at radius 1 is 1.09 bits per heavy atom. The molecule has 0 radical (unpaired) electrons. The Balaban J connectivity index is 1.67. The Morgan fingerprint density at radius 2 is 1.85 bits per heavy atom. The van der Waals surface area contributed by atoms with Crippen LogP contribution in [0.2, 0.25) is 5.02 Å². The molecule has 0 saturated heterocycles. The van der Waals surface area contributed by atoms with Crippen molar-refractivity contribution in [2.75, 3.05) is 0 Å². The predicted octanol–water partition coefficient (Wildman–Crippen LogP) is 6.66. The lowest BCUT2D eigenvalue weighted by atomic mass is 9.99. The first-order valence-electron chi connectivity index (χ1n) is 10.2. The van der Waals surface area contributed by atoms with Crippen LogP contribution in [0.3, 0.4) is 0 Å². The Labute approximate surface area is 196 Å². The number of allylic oxidation sites excluding steroid dienone is 2. The summed E-state index contributed by atoms with van der Waals surface area (Å²) in [7, 11) is 0. The molecule has 1 aliphatic carbocycles. The van der Waals surface area contributed by atoms with Crippen LogP contribution in [0.5, 0.6) is 5.75 Å². The second-order valence-electron chi connectivity index (χ2n) is 7.64. The van der Waals surface area contributed by atoms with Gasteiger partial charge in [-0.05, 0) is 60.7 Å². The highest BCUT2D eigenvalue weighted by Crippen LogP contribution is 2.43. The van der Waals surface area contributed by atoms with Gasteiger partial charge in [-0.15, -0.1) is 0 Å². The number of aromatic carboxylic acids is 1. The maximum Gasteiger partial charge on any atom is 0.416 e. The van der Waals surface area contributed by atoms with E-state index in [9.17, 15) is 27.5 Å². The molecule has 3 aromatic rings. The minimum absolute atomic E-state index is 0.0328. The zero-order valence-corrected chi connectivity index (χ0v) is 18.3. The number of hydrogen-bond donors (Lipinski definition) is 1. The second-order valence-corrected chi connectivity index (χ2v) is 8.07. The Morgan fingerprint density at radius 3 is 2.56 bits per heavy atom. The van der Waals surface area contributed by atoms with Crippen molar-refractivity contribution < 1.29 is 32.2 Å². The van der Waals surface area contributed by atoms with Crippen LogP contribution in [0.1, 0.15) is 52.1 Å². The number of hydrogen-bond acceptors (Lipinski definition) is 4. The van der Waals surface area contributed by atoms with Crippen molar-refractivity contribution in [3.8, 4) is 5.75 Å². The van der Waals surface area contributed by atoms with Gasteiger partial charge in [0.25, 0.3) is 0 Å². The molecule has 0 amide bonds. The summed E-state index contributed by atoms with van der Waals surface area (Å²) >= 11 is 6.21. The van der Waals surface area contributed by atoms with E-state index in [4.69, 9.17) is 16.3 Å². The van der Waals surface area contributed by atoms with Gasteiger partial charge in [0.15, 0.2) is 5.69 Å². The smallest absolute Gasteiger partial charge is 0.416 e. The summed E-state index contributed by atoms with van der Waals surface area (Å²) in [6, 6.07) is 7.14. The lowest BCUT2D eigenvalue weighted by Gasteiger charge is -2.16. The molecule has 0 fully saturated rings. The molecule has 1 aliphatic rings. The van der Waals surface area contributed by atoms with Crippen LogP contribution in [-0.4, -0.2) is 21.0 Å². The van der Waals surface area contributed by atoms with Crippen molar-refractivity contribution in [3.05, 3.63) is 87.7 Å². The van der Waals surface area contributed by atoms with Gasteiger partial charge in [-0.25, -0.2) is 14.2 Å². The van der Waals surface area contributed by atoms with Crippen molar-refractivity contribution in [1.82, 2.24) is 9.97 Å². The minimum atomic E-state index is -4.64. The topological polar surface area (TPSA) is 72.3 Å². The second kappa shape index (κ2) is 9.42. The summed E-state index contributed by atoms with van der Waals surface area (Å²) in [6.45, 7) is -0.296. The van der Waals surface area contributed by atoms with Crippen LogP contribution >= 0.6 is 11.6 Å². The fourth-order valence-corrected chi connectivity index (χ4v) is 3.97. The quantitative estimate of drug-likeness (QED) is 0.389. The van der Waals surface area contributed by atoms with E-state index >= 15 is 0 Å². The monoisotopic (exact) mass is 492 g/mol. The highest BCUT2D eigenvalue weighted by Gasteiger charge is 2.31. The third-order valence-electron chi connectivity index (χ3n) is 5.41. The average Bonchev–Trinajstić information content (AvgIpc) is 3.28. The molecule has 0 unspecified atom stereocenters. The van der Waals surface area contributed by atoms with Gasteiger partial charge in [-0.1, -0.05) is 17.7 Å². The average molecular weight is 493 g/mol. The van der Waals surface area contributed by atoms with Crippen LogP contribution in [0.4, 0.5) is 17.6 Å². The highest BCUT2D eigenvalue weighted by atomic mass is 35.5. The third kappa shape index (κ3) is 5.04. The minimum Gasteiger partial charge on any atom is -0.488 e. The largest absolute Gasteiger partial charge is 0.488 e. The first kappa shape index (κ1) is 23.7. The molecule has 5 nitrogen and oxygen atoms in total. The molecular formula is C24H17ClF4N2O3. The molecule has 34 heavy (non-hydrogen) atoms. The first-order chi connectivity index (χ1) is 16.1. The number of carboxylic acid groups (broad SMARTS) is 1. The van der Waals surface area contributed by atoms with Gasteiger partial charge < -0.3 is 9.84 Å². The van der Waals surface area contributed by atoms with Crippen molar-refractivity contribution in [1.29, 1.82) is 0 Å².